The summed E-state index contributed by atoms with van der Waals surface area (Å²) < 4.78 is 0. The van der Waals surface area contributed by atoms with Crippen LogP contribution in [0.1, 0.15) is 31.2 Å². The summed E-state index contributed by atoms with van der Waals surface area (Å²) in [6.07, 6.45) is 3.66. The van der Waals surface area contributed by atoms with Gasteiger partial charge in [-0.2, -0.15) is 0 Å². The van der Waals surface area contributed by atoms with E-state index in [1.54, 1.807) is 6.07 Å². The van der Waals surface area contributed by atoms with Gasteiger partial charge in [0.25, 0.3) is 0 Å². The second kappa shape index (κ2) is 11.4. The molecule has 0 heterocycles. The maximum atomic E-state index is 12.6. The molecule has 7 heteroatoms. The van der Waals surface area contributed by atoms with E-state index in [-0.39, 0.29) is 42.7 Å². The first-order chi connectivity index (χ1) is 12.1. The van der Waals surface area contributed by atoms with Gasteiger partial charge in [-0.1, -0.05) is 48.4 Å². The zero-order valence-corrected chi connectivity index (χ0v) is 17.4. The van der Waals surface area contributed by atoms with Gasteiger partial charge < -0.3 is 16.4 Å². The molecular weight excluding hydrogens is 405 g/mol. The Balaban J connectivity index is 0.00000182. The van der Waals surface area contributed by atoms with Crippen molar-refractivity contribution in [1.29, 1.82) is 0 Å². The van der Waals surface area contributed by atoms with Crippen LogP contribution >= 0.6 is 36.4 Å². The topological polar surface area (TPSA) is 67.2 Å². The fourth-order valence-electron chi connectivity index (χ4n) is 3.27. The normalized spacial score (nSPS) is 18.6. The van der Waals surface area contributed by atoms with E-state index in [0.29, 0.717) is 17.3 Å². The van der Waals surface area contributed by atoms with Crippen LogP contribution in [0.3, 0.4) is 0 Å². The lowest BCUT2D eigenvalue weighted by molar-refractivity contribution is -0.120. The van der Waals surface area contributed by atoms with Crippen molar-refractivity contribution < 1.29 is 4.79 Å². The third-order valence-corrected chi connectivity index (χ3v) is 4.89. The highest BCUT2D eigenvalue weighted by atomic mass is 35.5. The zero-order valence-electron chi connectivity index (χ0n) is 15.0. The highest BCUT2D eigenvalue weighted by Gasteiger charge is 2.25. The molecule has 2 aromatic carbocycles. The number of anilines is 2. The number of hydrogen-bond acceptors (Lipinski definition) is 3. The van der Waals surface area contributed by atoms with Gasteiger partial charge >= 0.3 is 0 Å². The Bertz CT molecular complexity index is 728. The Hall–Kier alpha value is -1.46. The number of carbonyl (C=O) groups excluding carboxylic acids is 1. The smallest absolute Gasteiger partial charge is 0.227 e. The van der Waals surface area contributed by atoms with E-state index in [2.05, 4.69) is 22.8 Å². The number of nitrogens with one attached hydrogen (secondary N) is 2. The molecule has 1 aliphatic rings. The van der Waals surface area contributed by atoms with Gasteiger partial charge in [0.05, 0.1) is 11.4 Å². The fourth-order valence-corrected chi connectivity index (χ4v) is 3.44. The molecule has 27 heavy (non-hydrogen) atoms. The minimum absolute atomic E-state index is 0. The second-order valence-electron chi connectivity index (χ2n) is 6.64. The van der Waals surface area contributed by atoms with Crippen LogP contribution in [0.4, 0.5) is 11.4 Å². The first-order valence-electron chi connectivity index (χ1n) is 8.75. The van der Waals surface area contributed by atoms with E-state index in [4.69, 9.17) is 17.3 Å². The van der Waals surface area contributed by atoms with E-state index >= 15 is 0 Å². The highest BCUT2D eigenvalue weighted by Crippen LogP contribution is 2.29. The molecule has 0 bridgehead atoms. The van der Waals surface area contributed by atoms with Crippen LogP contribution in [0.5, 0.6) is 0 Å². The number of hydrogen-bond donors (Lipinski definition) is 3. The van der Waals surface area contributed by atoms with Gasteiger partial charge in [0.2, 0.25) is 5.91 Å². The molecule has 0 aromatic heterocycles. The molecule has 2 aromatic rings. The summed E-state index contributed by atoms with van der Waals surface area (Å²) in [5, 5.41) is 7.01. The number of rotatable bonds is 5. The third-order valence-electron chi connectivity index (χ3n) is 4.65. The molecule has 1 aliphatic carbocycles. The number of benzene rings is 2. The summed E-state index contributed by atoms with van der Waals surface area (Å²) in [5.74, 6) is 0.00452. The lowest BCUT2D eigenvalue weighted by Gasteiger charge is -2.26. The molecule has 1 fully saturated rings. The summed E-state index contributed by atoms with van der Waals surface area (Å²) in [4.78, 5) is 12.6. The van der Waals surface area contributed by atoms with Gasteiger partial charge in [0.15, 0.2) is 0 Å². The quantitative estimate of drug-likeness (QED) is 0.606. The molecular formula is C20H26Cl3N3O. The number of halogens is 3. The zero-order chi connectivity index (χ0) is 17.6. The van der Waals surface area contributed by atoms with Gasteiger partial charge in [-0.15, -0.1) is 24.8 Å². The van der Waals surface area contributed by atoms with Crippen molar-refractivity contribution in [3.8, 4) is 0 Å². The van der Waals surface area contributed by atoms with Crippen LogP contribution in [0, 0.1) is 5.92 Å². The number of nitrogens with two attached hydrogens (primary N) is 1. The van der Waals surface area contributed by atoms with Gasteiger partial charge in [-0.3, -0.25) is 4.79 Å². The lowest BCUT2D eigenvalue weighted by atomic mass is 9.85. The van der Waals surface area contributed by atoms with Crippen LogP contribution < -0.4 is 16.4 Å². The van der Waals surface area contributed by atoms with Gasteiger partial charge in [0.1, 0.15) is 0 Å². The highest BCUT2D eigenvalue weighted by molar-refractivity contribution is 6.31. The van der Waals surface area contributed by atoms with Crippen molar-refractivity contribution in [2.24, 2.45) is 11.7 Å². The van der Waals surface area contributed by atoms with Crippen LogP contribution in [-0.4, -0.2) is 11.9 Å². The van der Waals surface area contributed by atoms with Crippen LogP contribution in [-0.2, 0) is 11.3 Å². The molecule has 3 rings (SSSR count). The molecule has 1 amide bonds. The van der Waals surface area contributed by atoms with Crippen molar-refractivity contribution in [2.45, 2.75) is 38.3 Å². The maximum Gasteiger partial charge on any atom is 0.227 e. The van der Waals surface area contributed by atoms with Crippen molar-refractivity contribution in [1.82, 2.24) is 0 Å². The average molecular weight is 431 g/mol. The van der Waals surface area contributed by atoms with Crippen molar-refractivity contribution >= 4 is 53.7 Å². The molecule has 4 N–H and O–H groups in total. The van der Waals surface area contributed by atoms with Crippen LogP contribution in [0.2, 0.25) is 5.02 Å². The summed E-state index contributed by atoms with van der Waals surface area (Å²) >= 11 is 6.13. The van der Waals surface area contributed by atoms with E-state index < -0.39 is 0 Å². The van der Waals surface area contributed by atoms with Gasteiger partial charge in [0, 0.05) is 23.5 Å². The molecule has 2 unspecified atom stereocenters. The second-order valence-corrected chi connectivity index (χ2v) is 7.08. The third kappa shape index (κ3) is 6.89. The molecule has 4 nitrogen and oxygen atoms in total. The number of amides is 1. The largest absolute Gasteiger partial charge is 0.379 e. The van der Waals surface area contributed by atoms with Crippen molar-refractivity contribution in [3.05, 3.63) is 59.1 Å². The number of carbonyl (C=O) groups is 1. The molecule has 0 saturated heterocycles. The monoisotopic (exact) mass is 429 g/mol. The Morgan fingerprint density at radius 1 is 1.07 bits per heavy atom. The summed E-state index contributed by atoms with van der Waals surface area (Å²) in [6.45, 7) is 0.680. The Kier molecular flexibility index (Phi) is 9.95. The molecule has 0 radical (unpaired) electrons. The summed E-state index contributed by atoms with van der Waals surface area (Å²) in [6, 6.07) is 15.8. The lowest BCUT2D eigenvalue weighted by Crippen LogP contribution is -2.34. The molecule has 148 valence electrons. The minimum atomic E-state index is -0.0234. The first-order valence-corrected chi connectivity index (χ1v) is 9.13. The summed E-state index contributed by atoms with van der Waals surface area (Å²) in [5.41, 5.74) is 8.76. The fraction of sp³-hybridized carbons (Fsp3) is 0.350. The van der Waals surface area contributed by atoms with E-state index in [0.717, 1.165) is 31.4 Å². The molecule has 0 aliphatic heterocycles. The van der Waals surface area contributed by atoms with Gasteiger partial charge in [-0.25, -0.2) is 0 Å². The van der Waals surface area contributed by atoms with E-state index in [9.17, 15) is 4.79 Å². The summed E-state index contributed by atoms with van der Waals surface area (Å²) in [7, 11) is 0. The van der Waals surface area contributed by atoms with Crippen molar-refractivity contribution in [2.75, 3.05) is 10.6 Å². The predicted octanol–water partition coefficient (Wildman–Crippen LogP) is 5.25. The Morgan fingerprint density at radius 2 is 1.81 bits per heavy atom. The minimum Gasteiger partial charge on any atom is -0.379 e. The Morgan fingerprint density at radius 3 is 2.52 bits per heavy atom. The molecule has 2 atom stereocenters. The van der Waals surface area contributed by atoms with Crippen LogP contribution in [0.25, 0.3) is 0 Å². The van der Waals surface area contributed by atoms with Crippen LogP contribution in [0.15, 0.2) is 48.5 Å². The van der Waals surface area contributed by atoms with Gasteiger partial charge in [-0.05, 0) is 43.0 Å². The average Bonchev–Trinajstić information content (AvgIpc) is 2.62. The molecule has 0 spiro atoms. The first kappa shape index (κ1) is 23.6. The maximum absolute atomic E-state index is 12.6. The predicted molar refractivity (Wildman–Crippen MR) is 118 cm³/mol. The van der Waals surface area contributed by atoms with E-state index in [1.165, 1.54) is 5.56 Å². The Labute approximate surface area is 178 Å². The SMILES string of the molecule is Cl.Cl.NC1CCCC(C(=O)Nc2cc(Cl)ccc2NCc2ccccc2)C1. The van der Waals surface area contributed by atoms with Crippen molar-refractivity contribution in [3.63, 3.8) is 0 Å². The van der Waals surface area contributed by atoms with E-state index in [1.807, 2.05) is 30.3 Å². The molecule has 1 saturated carbocycles. The standard InChI is InChI=1S/C20H24ClN3O.2ClH/c21-16-9-10-18(23-13-14-5-2-1-3-6-14)19(12-16)24-20(25)15-7-4-8-17(22)11-15;;/h1-3,5-6,9-10,12,15,17,23H,4,7-8,11,13,22H2,(H,24,25);2*1H.